The summed E-state index contributed by atoms with van der Waals surface area (Å²) < 4.78 is 16.9. The van der Waals surface area contributed by atoms with E-state index in [2.05, 4.69) is 12.1 Å². The van der Waals surface area contributed by atoms with E-state index in [1.165, 1.54) is 5.56 Å². The molecule has 0 spiro atoms. The molecule has 4 rings (SSSR count). The third-order valence-electron chi connectivity index (χ3n) is 4.16. The lowest BCUT2D eigenvalue weighted by Gasteiger charge is -2.13. The molecule has 0 radical (unpaired) electrons. The van der Waals surface area contributed by atoms with E-state index < -0.39 is 0 Å². The molecule has 3 nitrogen and oxygen atoms in total. The van der Waals surface area contributed by atoms with Gasteiger partial charge in [0.25, 0.3) is 0 Å². The second-order valence-corrected chi connectivity index (χ2v) is 5.31. The molecule has 1 aliphatic heterocycles. The van der Waals surface area contributed by atoms with Gasteiger partial charge in [0.2, 0.25) is 0 Å². The van der Waals surface area contributed by atoms with Gasteiger partial charge in [-0.25, -0.2) is 0 Å². The van der Waals surface area contributed by atoms with Crippen molar-refractivity contribution < 1.29 is 14.2 Å². The molecule has 3 aromatic carbocycles. The van der Waals surface area contributed by atoms with Crippen LogP contribution in [0, 0.1) is 0 Å². The summed E-state index contributed by atoms with van der Waals surface area (Å²) in [4.78, 5) is 0. The molecule has 110 valence electrons. The summed E-state index contributed by atoms with van der Waals surface area (Å²) >= 11 is 0. The van der Waals surface area contributed by atoms with Crippen LogP contribution in [0.1, 0.15) is 17.2 Å². The highest BCUT2D eigenvalue weighted by molar-refractivity contribution is 5.97. The quantitative estimate of drug-likeness (QED) is 0.718. The van der Waals surface area contributed by atoms with Crippen molar-refractivity contribution >= 4 is 10.8 Å². The Labute approximate surface area is 129 Å². The second kappa shape index (κ2) is 4.95. The van der Waals surface area contributed by atoms with Gasteiger partial charge in [0.1, 0.15) is 23.4 Å². The second-order valence-electron chi connectivity index (χ2n) is 5.31. The van der Waals surface area contributed by atoms with Crippen LogP contribution in [0.4, 0.5) is 0 Å². The monoisotopic (exact) mass is 292 g/mol. The zero-order valence-electron chi connectivity index (χ0n) is 12.5. The van der Waals surface area contributed by atoms with Gasteiger partial charge in [-0.3, -0.25) is 0 Å². The van der Waals surface area contributed by atoms with Crippen molar-refractivity contribution in [2.45, 2.75) is 6.10 Å². The topological polar surface area (TPSA) is 27.7 Å². The third-order valence-corrected chi connectivity index (χ3v) is 4.16. The molecule has 0 saturated carbocycles. The van der Waals surface area contributed by atoms with E-state index in [1.54, 1.807) is 14.2 Å². The van der Waals surface area contributed by atoms with Gasteiger partial charge < -0.3 is 14.2 Å². The highest BCUT2D eigenvalue weighted by atomic mass is 16.5. The zero-order chi connectivity index (χ0) is 15.1. The molecule has 0 amide bonds. The number of methoxy groups -OCH3 is 2. The molecule has 1 aliphatic rings. The Morgan fingerprint density at radius 1 is 0.864 bits per heavy atom. The Morgan fingerprint density at radius 3 is 2.41 bits per heavy atom. The zero-order valence-corrected chi connectivity index (χ0v) is 12.5. The fourth-order valence-corrected chi connectivity index (χ4v) is 3.08. The SMILES string of the molecule is COc1ccc(C2Oc3cccc4c(OC)ccc2c34)cc1. The van der Waals surface area contributed by atoms with E-state index in [1.807, 2.05) is 42.5 Å². The van der Waals surface area contributed by atoms with E-state index >= 15 is 0 Å². The molecule has 0 N–H and O–H groups in total. The fourth-order valence-electron chi connectivity index (χ4n) is 3.08. The number of hydrogen-bond acceptors (Lipinski definition) is 3. The molecule has 0 fully saturated rings. The van der Waals surface area contributed by atoms with Crippen molar-refractivity contribution in [2.75, 3.05) is 14.2 Å². The maximum atomic E-state index is 6.19. The molecule has 3 aromatic rings. The molecule has 0 aromatic heterocycles. The van der Waals surface area contributed by atoms with Crippen LogP contribution in [0.5, 0.6) is 17.2 Å². The Morgan fingerprint density at radius 2 is 1.68 bits per heavy atom. The summed E-state index contributed by atoms with van der Waals surface area (Å²) in [5.74, 6) is 2.63. The van der Waals surface area contributed by atoms with Crippen LogP contribution in [-0.2, 0) is 0 Å². The van der Waals surface area contributed by atoms with Crippen LogP contribution in [0.3, 0.4) is 0 Å². The third kappa shape index (κ3) is 1.82. The standard InChI is InChI=1S/C19H16O3/c1-20-13-8-6-12(7-9-13)19-15-10-11-16(21-2)14-4-3-5-17(22-19)18(14)15/h3-11,19H,1-2H3. The van der Waals surface area contributed by atoms with Gasteiger partial charge >= 0.3 is 0 Å². The largest absolute Gasteiger partial charge is 0.497 e. The van der Waals surface area contributed by atoms with Gasteiger partial charge in [-0.1, -0.05) is 30.3 Å². The molecule has 1 heterocycles. The van der Waals surface area contributed by atoms with Crippen molar-refractivity contribution in [1.29, 1.82) is 0 Å². The molecule has 0 saturated heterocycles. The van der Waals surface area contributed by atoms with Gasteiger partial charge in [0.15, 0.2) is 0 Å². The van der Waals surface area contributed by atoms with Gasteiger partial charge in [-0.15, -0.1) is 0 Å². The van der Waals surface area contributed by atoms with Crippen LogP contribution in [-0.4, -0.2) is 14.2 Å². The van der Waals surface area contributed by atoms with Crippen LogP contribution in [0.25, 0.3) is 10.8 Å². The molecular weight excluding hydrogens is 276 g/mol. The fraction of sp³-hybridized carbons (Fsp3) is 0.158. The lowest BCUT2D eigenvalue weighted by Crippen LogP contribution is -2.03. The molecular formula is C19H16O3. The molecule has 1 unspecified atom stereocenters. The summed E-state index contributed by atoms with van der Waals surface area (Å²) in [5.41, 5.74) is 2.29. The number of hydrogen-bond donors (Lipinski definition) is 0. The minimum Gasteiger partial charge on any atom is -0.497 e. The number of benzene rings is 3. The van der Waals surface area contributed by atoms with Crippen LogP contribution in [0.15, 0.2) is 54.6 Å². The first-order valence-corrected chi connectivity index (χ1v) is 7.22. The van der Waals surface area contributed by atoms with Gasteiger partial charge in [0, 0.05) is 16.3 Å². The number of rotatable bonds is 3. The average Bonchev–Trinajstić information content (AvgIpc) is 2.96. The van der Waals surface area contributed by atoms with Crippen molar-refractivity contribution in [2.24, 2.45) is 0 Å². The minimum atomic E-state index is -0.0864. The maximum absolute atomic E-state index is 6.19. The van der Waals surface area contributed by atoms with E-state index in [9.17, 15) is 0 Å². The van der Waals surface area contributed by atoms with E-state index in [4.69, 9.17) is 14.2 Å². The number of ether oxygens (including phenoxy) is 3. The summed E-state index contributed by atoms with van der Waals surface area (Å²) in [6, 6.07) is 18.2. The van der Waals surface area contributed by atoms with Crippen molar-refractivity contribution in [3.05, 3.63) is 65.7 Å². The normalized spacial score (nSPS) is 15.6. The average molecular weight is 292 g/mol. The maximum Gasteiger partial charge on any atom is 0.150 e. The lowest BCUT2D eigenvalue weighted by atomic mass is 9.97. The van der Waals surface area contributed by atoms with Gasteiger partial charge in [-0.2, -0.15) is 0 Å². The van der Waals surface area contributed by atoms with Crippen LogP contribution in [0.2, 0.25) is 0 Å². The van der Waals surface area contributed by atoms with Crippen molar-refractivity contribution in [3.63, 3.8) is 0 Å². The van der Waals surface area contributed by atoms with E-state index in [0.29, 0.717) is 0 Å². The minimum absolute atomic E-state index is 0.0864. The molecule has 0 aliphatic carbocycles. The van der Waals surface area contributed by atoms with Crippen molar-refractivity contribution in [1.82, 2.24) is 0 Å². The summed E-state index contributed by atoms with van der Waals surface area (Å²) in [5, 5.41) is 2.23. The smallest absolute Gasteiger partial charge is 0.150 e. The summed E-state index contributed by atoms with van der Waals surface area (Å²) in [6.45, 7) is 0. The lowest BCUT2D eigenvalue weighted by molar-refractivity contribution is 0.266. The molecule has 22 heavy (non-hydrogen) atoms. The first-order valence-electron chi connectivity index (χ1n) is 7.22. The van der Waals surface area contributed by atoms with Gasteiger partial charge in [0.05, 0.1) is 14.2 Å². The first kappa shape index (κ1) is 13.0. The molecule has 1 atom stereocenters. The van der Waals surface area contributed by atoms with Crippen molar-refractivity contribution in [3.8, 4) is 17.2 Å². The van der Waals surface area contributed by atoms with E-state index in [-0.39, 0.29) is 6.10 Å². The highest BCUT2D eigenvalue weighted by Gasteiger charge is 2.28. The van der Waals surface area contributed by atoms with E-state index in [0.717, 1.165) is 33.6 Å². The Kier molecular flexibility index (Phi) is 2.93. The van der Waals surface area contributed by atoms with Crippen LogP contribution >= 0.6 is 0 Å². The van der Waals surface area contributed by atoms with Crippen LogP contribution < -0.4 is 14.2 Å². The molecule has 3 heteroatoms. The molecule has 0 bridgehead atoms. The Balaban J connectivity index is 1.86. The Hall–Kier alpha value is -2.68. The summed E-state index contributed by atoms with van der Waals surface area (Å²) in [7, 11) is 3.37. The highest BCUT2D eigenvalue weighted by Crippen LogP contribution is 2.46. The predicted octanol–water partition coefficient (Wildman–Crippen LogP) is 4.34. The predicted molar refractivity (Wildman–Crippen MR) is 86.0 cm³/mol. The Bertz CT molecular complexity index is 837. The summed E-state index contributed by atoms with van der Waals surface area (Å²) in [6.07, 6.45) is -0.0864. The van der Waals surface area contributed by atoms with Gasteiger partial charge in [-0.05, 0) is 29.8 Å². The first-order chi connectivity index (χ1) is 10.8.